The Kier molecular flexibility index (Phi) is 4.11. The lowest BCUT2D eigenvalue weighted by molar-refractivity contribution is -0.139. The van der Waals surface area contributed by atoms with E-state index in [0.717, 1.165) is 16.8 Å². The molecule has 2 aromatic rings. The quantitative estimate of drug-likeness (QED) is 0.946. The average molecular weight is 296 g/mol. The minimum Gasteiger partial charge on any atom is -0.325 e. The lowest BCUT2D eigenvalue weighted by Gasteiger charge is -2.10. The van der Waals surface area contributed by atoms with E-state index in [9.17, 15) is 22.8 Å². The molecule has 0 bridgehead atoms. The van der Waals surface area contributed by atoms with E-state index in [1.54, 1.807) is 30.3 Å². The summed E-state index contributed by atoms with van der Waals surface area (Å²) in [7, 11) is 0. The SMILES string of the molecule is O=C(Cn1cccc(C(F)(F)F)c1=O)Nc1ccccc1. The van der Waals surface area contributed by atoms with E-state index in [4.69, 9.17) is 0 Å². The second-order valence-electron chi connectivity index (χ2n) is 4.27. The number of nitrogens with zero attached hydrogens (tertiary/aromatic N) is 1. The first-order valence-electron chi connectivity index (χ1n) is 5.99. The Morgan fingerprint density at radius 2 is 1.76 bits per heavy atom. The van der Waals surface area contributed by atoms with Crippen LogP contribution in [0.1, 0.15) is 5.56 Å². The molecule has 0 aliphatic heterocycles. The predicted molar refractivity (Wildman–Crippen MR) is 70.8 cm³/mol. The van der Waals surface area contributed by atoms with Crippen molar-refractivity contribution < 1.29 is 18.0 Å². The van der Waals surface area contributed by atoms with Crippen LogP contribution in [0.5, 0.6) is 0 Å². The van der Waals surface area contributed by atoms with Gasteiger partial charge in [0, 0.05) is 11.9 Å². The van der Waals surface area contributed by atoms with Crippen LogP contribution in [0.4, 0.5) is 18.9 Å². The van der Waals surface area contributed by atoms with Crippen LogP contribution in [0.3, 0.4) is 0 Å². The van der Waals surface area contributed by atoms with Gasteiger partial charge in [-0.2, -0.15) is 13.2 Å². The maximum Gasteiger partial charge on any atom is 0.421 e. The van der Waals surface area contributed by atoms with Gasteiger partial charge in [0.25, 0.3) is 5.56 Å². The molecule has 1 aromatic carbocycles. The van der Waals surface area contributed by atoms with Gasteiger partial charge < -0.3 is 9.88 Å². The fourth-order valence-electron chi connectivity index (χ4n) is 1.75. The smallest absolute Gasteiger partial charge is 0.325 e. The zero-order valence-electron chi connectivity index (χ0n) is 10.7. The van der Waals surface area contributed by atoms with Crippen LogP contribution >= 0.6 is 0 Å². The second kappa shape index (κ2) is 5.82. The average Bonchev–Trinajstić information content (AvgIpc) is 2.41. The number of para-hydroxylation sites is 1. The topological polar surface area (TPSA) is 51.1 Å². The van der Waals surface area contributed by atoms with E-state index in [-0.39, 0.29) is 0 Å². The van der Waals surface area contributed by atoms with Gasteiger partial charge in [-0.05, 0) is 24.3 Å². The summed E-state index contributed by atoms with van der Waals surface area (Å²) in [6.45, 7) is -0.488. The van der Waals surface area contributed by atoms with Crippen LogP contribution in [0.2, 0.25) is 0 Å². The first kappa shape index (κ1) is 14.8. The lowest BCUT2D eigenvalue weighted by atomic mass is 10.2. The van der Waals surface area contributed by atoms with Crippen LogP contribution in [0, 0.1) is 0 Å². The van der Waals surface area contributed by atoms with Crippen molar-refractivity contribution in [2.24, 2.45) is 0 Å². The Balaban J connectivity index is 2.17. The number of halogens is 3. The molecule has 7 heteroatoms. The molecule has 21 heavy (non-hydrogen) atoms. The van der Waals surface area contributed by atoms with Crippen LogP contribution in [0.25, 0.3) is 0 Å². The van der Waals surface area contributed by atoms with E-state index in [0.29, 0.717) is 11.8 Å². The Hall–Kier alpha value is -2.57. The molecule has 1 N–H and O–H groups in total. The zero-order chi connectivity index (χ0) is 15.5. The molecule has 0 fully saturated rings. The van der Waals surface area contributed by atoms with Crippen molar-refractivity contribution in [2.45, 2.75) is 12.7 Å². The van der Waals surface area contributed by atoms with Gasteiger partial charge >= 0.3 is 6.18 Å². The highest BCUT2D eigenvalue weighted by Crippen LogP contribution is 2.25. The number of carbonyl (C=O) groups is 1. The largest absolute Gasteiger partial charge is 0.421 e. The predicted octanol–water partition coefficient (Wildman–Crippen LogP) is 2.51. The number of carbonyl (C=O) groups excluding carboxylic acids is 1. The fourth-order valence-corrected chi connectivity index (χ4v) is 1.75. The van der Waals surface area contributed by atoms with Crippen molar-refractivity contribution in [3.05, 3.63) is 64.6 Å². The molecule has 0 spiro atoms. The van der Waals surface area contributed by atoms with Gasteiger partial charge in [0.05, 0.1) is 0 Å². The highest BCUT2D eigenvalue weighted by molar-refractivity contribution is 5.90. The Labute approximate surface area is 117 Å². The molecule has 0 saturated carbocycles. The molecule has 1 amide bonds. The third kappa shape index (κ3) is 3.71. The third-order valence-electron chi connectivity index (χ3n) is 2.70. The number of hydrogen-bond acceptors (Lipinski definition) is 2. The van der Waals surface area contributed by atoms with Crippen molar-refractivity contribution in [3.63, 3.8) is 0 Å². The summed E-state index contributed by atoms with van der Waals surface area (Å²) in [6.07, 6.45) is -3.60. The first-order chi connectivity index (χ1) is 9.88. The molecule has 0 aliphatic rings. The van der Waals surface area contributed by atoms with E-state index >= 15 is 0 Å². The molecule has 1 aromatic heterocycles. The van der Waals surface area contributed by atoms with Gasteiger partial charge in [0.2, 0.25) is 5.91 Å². The van der Waals surface area contributed by atoms with Gasteiger partial charge in [-0.3, -0.25) is 9.59 Å². The van der Waals surface area contributed by atoms with Crippen LogP contribution in [0.15, 0.2) is 53.5 Å². The summed E-state index contributed by atoms with van der Waals surface area (Å²) >= 11 is 0. The van der Waals surface area contributed by atoms with E-state index in [1.165, 1.54) is 0 Å². The molecule has 1 heterocycles. The van der Waals surface area contributed by atoms with E-state index in [2.05, 4.69) is 5.32 Å². The number of hydrogen-bond donors (Lipinski definition) is 1. The molecular weight excluding hydrogens is 285 g/mol. The normalized spacial score (nSPS) is 11.2. The third-order valence-corrected chi connectivity index (χ3v) is 2.70. The number of rotatable bonds is 3. The van der Waals surface area contributed by atoms with Crippen LogP contribution < -0.4 is 10.9 Å². The number of benzene rings is 1. The highest BCUT2D eigenvalue weighted by atomic mass is 19.4. The highest BCUT2D eigenvalue weighted by Gasteiger charge is 2.34. The van der Waals surface area contributed by atoms with Crippen molar-refractivity contribution in [1.29, 1.82) is 0 Å². The number of aromatic nitrogens is 1. The monoisotopic (exact) mass is 296 g/mol. The van der Waals surface area contributed by atoms with E-state index in [1.807, 2.05) is 0 Å². The van der Waals surface area contributed by atoms with Crippen molar-refractivity contribution in [2.75, 3.05) is 5.32 Å². The minimum absolute atomic E-state index is 0.488. The molecule has 4 nitrogen and oxygen atoms in total. The number of pyridine rings is 1. The maximum absolute atomic E-state index is 12.6. The molecule has 0 saturated heterocycles. The number of amides is 1. The molecule has 0 aliphatic carbocycles. The molecule has 0 unspecified atom stereocenters. The van der Waals surface area contributed by atoms with Gasteiger partial charge in [-0.15, -0.1) is 0 Å². The maximum atomic E-state index is 12.6. The fraction of sp³-hybridized carbons (Fsp3) is 0.143. The summed E-state index contributed by atoms with van der Waals surface area (Å²) in [5.74, 6) is -0.581. The van der Waals surface area contributed by atoms with Gasteiger partial charge in [0.1, 0.15) is 12.1 Å². The second-order valence-corrected chi connectivity index (χ2v) is 4.27. The summed E-state index contributed by atoms with van der Waals surface area (Å²) in [6, 6.07) is 10.2. The molecule has 2 rings (SSSR count). The summed E-state index contributed by atoms with van der Waals surface area (Å²) in [4.78, 5) is 23.4. The Morgan fingerprint density at radius 1 is 1.10 bits per heavy atom. The van der Waals surface area contributed by atoms with Crippen LogP contribution in [-0.2, 0) is 17.5 Å². The van der Waals surface area contributed by atoms with Crippen molar-refractivity contribution >= 4 is 11.6 Å². The number of anilines is 1. The molecule has 110 valence electrons. The lowest BCUT2D eigenvalue weighted by Crippen LogP contribution is -2.31. The Bertz CT molecular complexity index is 693. The summed E-state index contributed by atoms with van der Waals surface area (Å²) in [5.41, 5.74) is -2.03. The Morgan fingerprint density at radius 3 is 2.38 bits per heavy atom. The standard InChI is InChI=1S/C14H11F3N2O2/c15-14(16,17)11-7-4-8-19(13(11)21)9-12(20)18-10-5-2-1-3-6-10/h1-8H,9H2,(H,18,20). The van der Waals surface area contributed by atoms with Gasteiger partial charge in [-0.1, -0.05) is 18.2 Å². The van der Waals surface area contributed by atoms with Crippen molar-refractivity contribution in [1.82, 2.24) is 4.57 Å². The minimum atomic E-state index is -4.74. The number of nitrogens with one attached hydrogen (secondary N) is 1. The number of alkyl halides is 3. The first-order valence-corrected chi connectivity index (χ1v) is 5.99. The van der Waals surface area contributed by atoms with Gasteiger partial charge in [-0.25, -0.2) is 0 Å². The van der Waals surface area contributed by atoms with Gasteiger partial charge in [0.15, 0.2) is 0 Å². The summed E-state index contributed by atoms with van der Waals surface area (Å²) < 4.78 is 38.5. The molecular formula is C14H11F3N2O2. The summed E-state index contributed by atoms with van der Waals surface area (Å²) in [5, 5.41) is 2.50. The van der Waals surface area contributed by atoms with Crippen LogP contribution in [-0.4, -0.2) is 10.5 Å². The zero-order valence-corrected chi connectivity index (χ0v) is 10.7. The van der Waals surface area contributed by atoms with E-state index < -0.39 is 29.8 Å². The molecule has 0 radical (unpaired) electrons. The molecule has 0 atom stereocenters. The van der Waals surface area contributed by atoms with Crippen molar-refractivity contribution in [3.8, 4) is 0 Å².